The zero-order valence-corrected chi connectivity index (χ0v) is 16.1. The number of carbonyl (C=O) groups is 1. The van der Waals surface area contributed by atoms with Gasteiger partial charge in [-0.1, -0.05) is 54.6 Å². The highest BCUT2D eigenvalue weighted by Crippen LogP contribution is 2.25. The van der Waals surface area contributed by atoms with Crippen LogP contribution in [-0.4, -0.2) is 31.4 Å². The third-order valence-corrected chi connectivity index (χ3v) is 4.18. The number of carboxylic acid groups (broad SMARTS) is 1. The van der Waals surface area contributed by atoms with Crippen LogP contribution in [0.4, 0.5) is 0 Å². The van der Waals surface area contributed by atoms with Crippen LogP contribution in [0.3, 0.4) is 0 Å². The van der Waals surface area contributed by atoms with Crippen LogP contribution < -0.4 is 14.2 Å². The number of aliphatic carboxylic acids is 1. The monoisotopic (exact) mass is 390 g/mol. The van der Waals surface area contributed by atoms with Crippen molar-refractivity contribution in [2.24, 2.45) is 0 Å². The molecule has 0 heterocycles. The number of hydrogen-bond donors (Lipinski definition) is 1. The van der Waals surface area contributed by atoms with Gasteiger partial charge < -0.3 is 19.3 Å². The van der Waals surface area contributed by atoms with Gasteiger partial charge in [-0.05, 0) is 29.8 Å². The van der Waals surface area contributed by atoms with Crippen LogP contribution in [0, 0.1) is 0 Å². The summed E-state index contributed by atoms with van der Waals surface area (Å²) in [4.78, 5) is 11.7. The summed E-state index contributed by atoms with van der Waals surface area (Å²) >= 11 is 0. The van der Waals surface area contributed by atoms with E-state index < -0.39 is 5.97 Å². The van der Waals surface area contributed by atoms with Gasteiger partial charge in [-0.3, -0.25) is 0 Å². The number of rotatable bonds is 9. The first-order valence-corrected chi connectivity index (χ1v) is 9.16. The Bertz CT molecular complexity index is 979. The Morgan fingerprint density at radius 3 is 2.31 bits per heavy atom. The fourth-order valence-corrected chi connectivity index (χ4v) is 2.78. The van der Waals surface area contributed by atoms with Crippen molar-refractivity contribution >= 4 is 17.6 Å². The van der Waals surface area contributed by atoms with Gasteiger partial charge in [0, 0.05) is 11.6 Å². The molecule has 0 fully saturated rings. The van der Waals surface area contributed by atoms with Crippen LogP contribution in [0.1, 0.15) is 11.1 Å². The second kappa shape index (κ2) is 9.99. The second-order valence-corrected chi connectivity index (χ2v) is 6.14. The van der Waals surface area contributed by atoms with Gasteiger partial charge in [-0.15, -0.1) is 0 Å². The summed E-state index contributed by atoms with van der Waals surface area (Å²) in [5.41, 5.74) is 1.53. The zero-order chi connectivity index (χ0) is 20.5. The number of carboxylic acids is 1. The second-order valence-electron chi connectivity index (χ2n) is 6.14. The summed E-state index contributed by atoms with van der Waals surface area (Å²) in [6.07, 6.45) is 1.62. The molecule has 1 N–H and O–H groups in total. The number of methoxy groups -OCH3 is 1. The predicted molar refractivity (Wildman–Crippen MR) is 112 cm³/mol. The van der Waals surface area contributed by atoms with E-state index in [0.29, 0.717) is 35.8 Å². The Hall–Kier alpha value is -3.73. The first-order valence-electron chi connectivity index (χ1n) is 9.16. The van der Waals surface area contributed by atoms with Crippen molar-refractivity contribution < 1.29 is 24.1 Å². The fraction of sp³-hybridized carbons (Fsp3) is 0.125. The van der Waals surface area contributed by atoms with Gasteiger partial charge in [0.1, 0.15) is 30.5 Å². The van der Waals surface area contributed by atoms with Gasteiger partial charge in [-0.25, -0.2) is 4.79 Å². The van der Waals surface area contributed by atoms with Crippen LogP contribution >= 0.6 is 0 Å². The summed E-state index contributed by atoms with van der Waals surface area (Å²) in [6.45, 7) is 0.658. The van der Waals surface area contributed by atoms with Crippen molar-refractivity contribution in [1.82, 2.24) is 0 Å². The summed E-state index contributed by atoms with van der Waals surface area (Å²) in [7, 11) is 1.60. The quantitative estimate of drug-likeness (QED) is 0.324. The number of benzene rings is 3. The summed E-state index contributed by atoms with van der Waals surface area (Å²) in [5.74, 6) is 1.02. The maximum absolute atomic E-state index is 11.7. The first-order chi connectivity index (χ1) is 14.2. The minimum absolute atomic E-state index is 0.203. The Morgan fingerprint density at radius 1 is 0.862 bits per heavy atom. The van der Waals surface area contributed by atoms with Gasteiger partial charge in [0.2, 0.25) is 0 Å². The molecule has 3 aromatic rings. The Labute approximate surface area is 169 Å². The van der Waals surface area contributed by atoms with Crippen molar-refractivity contribution in [3.05, 3.63) is 90.0 Å². The lowest BCUT2D eigenvalue weighted by Gasteiger charge is -2.12. The molecular formula is C24H22O5. The minimum Gasteiger partial charge on any atom is -0.497 e. The van der Waals surface area contributed by atoms with Crippen molar-refractivity contribution in [1.29, 1.82) is 0 Å². The average Bonchev–Trinajstić information content (AvgIpc) is 2.76. The molecule has 0 aliphatic heterocycles. The normalized spacial score (nSPS) is 11.0. The van der Waals surface area contributed by atoms with E-state index in [2.05, 4.69) is 0 Å². The van der Waals surface area contributed by atoms with E-state index in [9.17, 15) is 9.90 Å². The first kappa shape index (κ1) is 20.0. The molecule has 0 saturated heterocycles. The van der Waals surface area contributed by atoms with Crippen molar-refractivity contribution in [3.63, 3.8) is 0 Å². The van der Waals surface area contributed by atoms with E-state index in [-0.39, 0.29) is 5.57 Å². The maximum Gasteiger partial charge on any atom is 0.336 e. The summed E-state index contributed by atoms with van der Waals surface area (Å²) in [6, 6.07) is 23.7. The SMILES string of the molecule is COc1cccc(OCCOc2ccccc2/C=C(\C(=O)O)c2ccccc2)c1. The molecule has 148 valence electrons. The molecule has 5 nitrogen and oxygen atoms in total. The van der Waals surface area contributed by atoms with E-state index in [4.69, 9.17) is 14.2 Å². The molecule has 3 aromatic carbocycles. The average molecular weight is 390 g/mol. The fourth-order valence-electron chi connectivity index (χ4n) is 2.78. The largest absolute Gasteiger partial charge is 0.497 e. The van der Waals surface area contributed by atoms with Crippen LogP contribution in [-0.2, 0) is 4.79 Å². The van der Waals surface area contributed by atoms with Gasteiger partial charge in [0.15, 0.2) is 0 Å². The molecule has 0 aromatic heterocycles. The van der Waals surface area contributed by atoms with Crippen LogP contribution in [0.15, 0.2) is 78.9 Å². The van der Waals surface area contributed by atoms with Crippen LogP contribution in [0.25, 0.3) is 11.6 Å². The van der Waals surface area contributed by atoms with E-state index in [0.717, 1.165) is 5.75 Å². The smallest absolute Gasteiger partial charge is 0.336 e. The maximum atomic E-state index is 11.7. The van der Waals surface area contributed by atoms with Gasteiger partial charge in [0.25, 0.3) is 0 Å². The topological polar surface area (TPSA) is 65.0 Å². The molecule has 3 rings (SSSR count). The van der Waals surface area contributed by atoms with Crippen LogP contribution in [0.2, 0.25) is 0 Å². The molecule has 0 aliphatic rings. The van der Waals surface area contributed by atoms with Crippen molar-refractivity contribution in [2.75, 3.05) is 20.3 Å². The lowest BCUT2D eigenvalue weighted by atomic mass is 10.0. The lowest BCUT2D eigenvalue weighted by Crippen LogP contribution is -2.09. The molecule has 29 heavy (non-hydrogen) atoms. The van der Waals surface area contributed by atoms with E-state index >= 15 is 0 Å². The standard InChI is InChI=1S/C24H22O5/c1-27-20-11-7-12-21(17-20)28-14-15-29-23-13-6-5-10-19(23)16-22(24(25)26)18-8-3-2-4-9-18/h2-13,16-17H,14-15H2,1H3,(H,25,26)/b22-16-. The van der Waals surface area contributed by atoms with E-state index in [1.165, 1.54) is 0 Å². The van der Waals surface area contributed by atoms with Crippen molar-refractivity contribution in [2.45, 2.75) is 0 Å². The Balaban J connectivity index is 1.69. The van der Waals surface area contributed by atoms with Gasteiger partial charge in [0.05, 0.1) is 12.7 Å². The minimum atomic E-state index is -0.993. The Morgan fingerprint density at radius 2 is 1.55 bits per heavy atom. The molecule has 0 bridgehead atoms. The molecule has 0 spiro atoms. The van der Waals surface area contributed by atoms with E-state index in [1.54, 1.807) is 31.4 Å². The molecule has 5 heteroatoms. The third kappa shape index (κ3) is 5.62. The molecule has 0 saturated carbocycles. The number of para-hydroxylation sites is 1. The Kier molecular flexibility index (Phi) is 6.90. The molecule has 0 amide bonds. The van der Waals surface area contributed by atoms with E-state index in [1.807, 2.05) is 60.7 Å². The molecule has 0 radical (unpaired) electrons. The zero-order valence-electron chi connectivity index (χ0n) is 16.1. The molecule has 0 unspecified atom stereocenters. The van der Waals surface area contributed by atoms with Crippen molar-refractivity contribution in [3.8, 4) is 17.2 Å². The highest BCUT2D eigenvalue weighted by Gasteiger charge is 2.12. The number of ether oxygens (including phenoxy) is 3. The molecular weight excluding hydrogens is 368 g/mol. The highest BCUT2D eigenvalue weighted by atomic mass is 16.5. The predicted octanol–water partition coefficient (Wildman–Crippen LogP) is 4.78. The number of hydrogen-bond acceptors (Lipinski definition) is 4. The summed E-state index contributed by atoms with van der Waals surface area (Å²) < 4.78 is 16.7. The highest BCUT2D eigenvalue weighted by molar-refractivity contribution is 6.20. The van der Waals surface area contributed by atoms with Crippen LogP contribution in [0.5, 0.6) is 17.2 Å². The molecule has 0 atom stereocenters. The third-order valence-electron chi connectivity index (χ3n) is 4.18. The van der Waals surface area contributed by atoms with Gasteiger partial charge >= 0.3 is 5.97 Å². The lowest BCUT2D eigenvalue weighted by molar-refractivity contribution is -0.130. The molecule has 0 aliphatic carbocycles. The summed E-state index contributed by atoms with van der Waals surface area (Å²) in [5, 5.41) is 9.62. The van der Waals surface area contributed by atoms with Gasteiger partial charge in [-0.2, -0.15) is 0 Å².